The molecule has 27 heavy (non-hydrogen) atoms. The highest BCUT2D eigenvalue weighted by molar-refractivity contribution is 6.01. The first kappa shape index (κ1) is 18.1. The average molecular weight is 369 g/mol. The van der Waals surface area contributed by atoms with Gasteiger partial charge in [0.1, 0.15) is 16.9 Å². The molecule has 1 heterocycles. The number of aliphatic imine (C=N–C) groups is 1. The summed E-state index contributed by atoms with van der Waals surface area (Å²) in [7, 11) is 0. The summed E-state index contributed by atoms with van der Waals surface area (Å²) in [6.45, 7) is 10.6. The molecule has 144 valence electrons. The average Bonchev–Trinajstić information content (AvgIpc) is 2.98. The van der Waals surface area contributed by atoms with Gasteiger partial charge in [-0.05, 0) is 44.4 Å². The summed E-state index contributed by atoms with van der Waals surface area (Å²) in [6.07, 6.45) is 5.55. The molecule has 5 nitrogen and oxygen atoms in total. The van der Waals surface area contributed by atoms with Crippen molar-refractivity contribution < 1.29 is 19.4 Å². The SMILES string of the molecule is C=N[C@@]12CC[C@@H](C)c3oc4c(C=O)c(O)c(O)cc4c3[C@@]1(C)CCC[C@@H]2C. The van der Waals surface area contributed by atoms with Gasteiger partial charge in [0.05, 0.1) is 5.54 Å². The minimum atomic E-state index is -0.427. The lowest BCUT2D eigenvalue weighted by atomic mass is 9.54. The van der Waals surface area contributed by atoms with Crippen molar-refractivity contribution >= 4 is 24.0 Å². The Bertz CT molecular complexity index is 946. The number of aldehydes is 1. The topological polar surface area (TPSA) is 83.0 Å². The van der Waals surface area contributed by atoms with Crippen molar-refractivity contribution in [1.82, 2.24) is 0 Å². The molecule has 2 N–H and O–H groups in total. The molecule has 2 aromatic rings. The normalized spacial score (nSPS) is 33.1. The van der Waals surface area contributed by atoms with E-state index in [0.717, 1.165) is 43.4 Å². The Hall–Kier alpha value is -2.30. The van der Waals surface area contributed by atoms with Crippen LogP contribution < -0.4 is 0 Å². The molecule has 4 atom stereocenters. The van der Waals surface area contributed by atoms with Crippen molar-refractivity contribution in [1.29, 1.82) is 0 Å². The van der Waals surface area contributed by atoms with Gasteiger partial charge in [-0.25, -0.2) is 0 Å². The van der Waals surface area contributed by atoms with Crippen molar-refractivity contribution in [2.24, 2.45) is 10.9 Å². The quantitative estimate of drug-likeness (QED) is 0.440. The van der Waals surface area contributed by atoms with E-state index in [9.17, 15) is 15.0 Å². The Labute approximate surface area is 159 Å². The number of benzene rings is 1. The third kappa shape index (κ3) is 2.11. The second kappa shape index (κ2) is 5.85. The van der Waals surface area contributed by atoms with Crippen LogP contribution in [0.25, 0.3) is 11.0 Å². The second-order valence-corrected chi connectivity index (χ2v) is 8.64. The lowest BCUT2D eigenvalue weighted by Gasteiger charge is -2.52. The summed E-state index contributed by atoms with van der Waals surface area (Å²) in [5.41, 5.74) is 0.781. The molecule has 4 rings (SSSR count). The van der Waals surface area contributed by atoms with Crippen LogP contribution in [0.1, 0.15) is 80.5 Å². The second-order valence-electron chi connectivity index (χ2n) is 8.64. The van der Waals surface area contributed by atoms with Gasteiger partial charge in [-0.3, -0.25) is 9.79 Å². The van der Waals surface area contributed by atoms with Crippen LogP contribution in [0.4, 0.5) is 0 Å². The maximum Gasteiger partial charge on any atom is 0.172 e. The van der Waals surface area contributed by atoms with Crippen LogP contribution in [-0.2, 0) is 5.41 Å². The van der Waals surface area contributed by atoms with Gasteiger partial charge in [0.15, 0.2) is 17.8 Å². The smallest absolute Gasteiger partial charge is 0.172 e. The maximum atomic E-state index is 11.6. The van der Waals surface area contributed by atoms with Crippen LogP contribution in [0, 0.1) is 5.92 Å². The molecule has 0 bridgehead atoms. The molecule has 1 fully saturated rings. The summed E-state index contributed by atoms with van der Waals surface area (Å²) in [5, 5.41) is 21.1. The molecule has 0 amide bonds. The predicted octanol–water partition coefficient (Wildman–Crippen LogP) is 5.07. The van der Waals surface area contributed by atoms with Gasteiger partial charge >= 0.3 is 0 Å². The van der Waals surface area contributed by atoms with Gasteiger partial charge in [0.2, 0.25) is 0 Å². The number of nitrogens with zero attached hydrogens (tertiary/aromatic N) is 1. The molecule has 1 aromatic carbocycles. The van der Waals surface area contributed by atoms with Crippen molar-refractivity contribution in [3.8, 4) is 11.5 Å². The van der Waals surface area contributed by atoms with Crippen LogP contribution in [0.15, 0.2) is 15.5 Å². The van der Waals surface area contributed by atoms with E-state index >= 15 is 0 Å². The lowest BCUT2D eigenvalue weighted by Crippen LogP contribution is -2.54. The Morgan fingerprint density at radius 1 is 1.30 bits per heavy atom. The van der Waals surface area contributed by atoms with Crippen LogP contribution >= 0.6 is 0 Å². The van der Waals surface area contributed by atoms with E-state index in [4.69, 9.17) is 9.41 Å². The largest absolute Gasteiger partial charge is 0.504 e. The number of furan rings is 1. The summed E-state index contributed by atoms with van der Waals surface area (Å²) in [5.74, 6) is 0.664. The number of rotatable bonds is 2. The summed E-state index contributed by atoms with van der Waals surface area (Å²) < 4.78 is 6.22. The zero-order valence-corrected chi connectivity index (χ0v) is 16.2. The molecule has 0 radical (unpaired) electrons. The minimum absolute atomic E-state index is 0.00916. The fraction of sp³-hybridized carbons (Fsp3) is 0.545. The van der Waals surface area contributed by atoms with E-state index in [1.807, 2.05) is 0 Å². The van der Waals surface area contributed by atoms with Crippen molar-refractivity contribution in [2.45, 2.75) is 69.7 Å². The van der Waals surface area contributed by atoms with Crippen LogP contribution in [0.3, 0.4) is 0 Å². The van der Waals surface area contributed by atoms with E-state index in [-0.39, 0.29) is 28.2 Å². The first-order valence-electron chi connectivity index (χ1n) is 9.75. The monoisotopic (exact) mass is 369 g/mol. The van der Waals surface area contributed by atoms with Crippen molar-refractivity contribution in [3.05, 3.63) is 23.0 Å². The zero-order valence-electron chi connectivity index (χ0n) is 16.2. The summed E-state index contributed by atoms with van der Waals surface area (Å²) >= 11 is 0. The highest BCUT2D eigenvalue weighted by Crippen LogP contribution is 2.60. The Balaban J connectivity index is 2.14. The number of hydrogen-bond acceptors (Lipinski definition) is 5. The van der Waals surface area contributed by atoms with Gasteiger partial charge in [-0.1, -0.05) is 27.2 Å². The number of carbonyl (C=O) groups excluding carboxylic acids is 1. The van der Waals surface area contributed by atoms with Gasteiger partial charge in [0, 0.05) is 22.3 Å². The molecule has 1 aromatic heterocycles. The number of hydrogen-bond donors (Lipinski definition) is 2. The fourth-order valence-corrected chi connectivity index (χ4v) is 5.88. The Morgan fingerprint density at radius 2 is 2.04 bits per heavy atom. The van der Waals surface area contributed by atoms with Crippen molar-refractivity contribution in [2.75, 3.05) is 0 Å². The van der Waals surface area contributed by atoms with Crippen LogP contribution in [0.2, 0.25) is 0 Å². The van der Waals surface area contributed by atoms with Gasteiger partial charge < -0.3 is 14.6 Å². The Kier molecular flexibility index (Phi) is 3.92. The van der Waals surface area contributed by atoms with E-state index in [1.54, 1.807) is 0 Å². The highest BCUT2D eigenvalue weighted by atomic mass is 16.3. The zero-order chi connectivity index (χ0) is 19.6. The molecule has 1 saturated carbocycles. The first-order valence-corrected chi connectivity index (χ1v) is 9.75. The van der Waals surface area contributed by atoms with E-state index in [2.05, 4.69) is 27.5 Å². The third-order valence-corrected chi connectivity index (χ3v) is 7.44. The molecule has 2 aliphatic rings. The molecular weight excluding hydrogens is 342 g/mol. The van der Waals surface area contributed by atoms with Gasteiger partial charge in [0.25, 0.3) is 0 Å². The number of phenolic OH excluding ortho intramolecular Hbond substituents is 2. The molecule has 0 spiro atoms. The van der Waals surface area contributed by atoms with Crippen LogP contribution in [0.5, 0.6) is 11.5 Å². The molecule has 5 heteroatoms. The summed E-state index contributed by atoms with van der Waals surface area (Å²) in [4.78, 5) is 16.4. The third-order valence-electron chi connectivity index (χ3n) is 7.44. The number of phenols is 2. The van der Waals surface area contributed by atoms with E-state index < -0.39 is 5.75 Å². The minimum Gasteiger partial charge on any atom is -0.504 e. The van der Waals surface area contributed by atoms with Crippen LogP contribution in [-0.4, -0.2) is 28.8 Å². The van der Waals surface area contributed by atoms with Gasteiger partial charge in [-0.2, -0.15) is 0 Å². The number of fused-ring (bicyclic) bond motifs is 5. The fourth-order valence-electron chi connectivity index (χ4n) is 5.88. The lowest BCUT2D eigenvalue weighted by molar-refractivity contribution is 0.0939. The molecular formula is C22H27NO4. The summed E-state index contributed by atoms with van der Waals surface area (Å²) in [6, 6.07) is 1.54. The predicted molar refractivity (Wildman–Crippen MR) is 105 cm³/mol. The molecule has 0 saturated heterocycles. The molecule has 0 unspecified atom stereocenters. The van der Waals surface area contributed by atoms with E-state index in [0.29, 0.717) is 23.2 Å². The van der Waals surface area contributed by atoms with Crippen molar-refractivity contribution in [3.63, 3.8) is 0 Å². The Morgan fingerprint density at radius 3 is 2.70 bits per heavy atom. The van der Waals surface area contributed by atoms with Gasteiger partial charge in [-0.15, -0.1) is 0 Å². The molecule has 2 aliphatic carbocycles. The maximum absolute atomic E-state index is 11.6. The van der Waals surface area contributed by atoms with E-state index in [1.165, 1.54) is 6.07 Å². The molecule has 0 aliphatic heterocycles. The number of carbonyl (C=O) groups is 1. The standard InChI is InChI=1S/C22H27NO4/c1-12-7-9-22(23-4)13(2)6-5-8-21(22,3)17-14-10-16(25)18(26)15(11-24)20(14)27-19(12)17/h10-13,25-26H,4-9H2,1-3H3/t12-,13+,21-,22-/m1/s1. The highest BCUT2D eigenvalue weighted by Gasteiger charge is 2.57. The first-order chi connectivity index (χ1) is 12.8. The number of aromatic hydroxyl groups is 2.